The lowest BCUT2D eigenvalue weighted by atomic mass is 10.2. The third kappa shape index (κ3) is 2.51. The van der Waals surface area contributed by atoms with Crippen LogP contribution in [-0.4, -0.2) is 32.3 Å². The second-order valence-electron chi connectivity index (χ2n) is 3.68. The molecule has 1 amide bonds. The van der Waals surface area contributed by atoms with Gasteiger partial charge >= 0.3 is 0 Å². The van der Waals surface area contributed by atoms with Crippen molar-refractivity contribution in [2.45, 2.75) is 18.9 Å². The van der Waals surface area contributed by atoms with E-state index in [1.165, 1.54) is 11.8 Å². The molecule has 0 bridgehead atoms. The van der Waals surface area contributed by atoms with Gasteiger partial charge in [0.15, 0.2) is 0 Å². The van der Waals surface area contributed by atoms with Crippen LogP contribution in [0.1, 0.15) is 21.9 Å². The molecule has 94 valence electrons. The minimum atomic E-state index is -0.224. The highest BCUT2D eigenvalue weighted by Gasteiger charge is 2.17. The number of nitrogens with zero attached hydrogens (tertiary/aromatic N) is 3. The van der Waals surface area contributed by atoms with Crippen LogP contribution < -0.4 is 5.32 Å². The number of thioether (sulfide) groups is 1. The summed E-state index contributed by atoms with van der Waals surface area (Å²) in [7, 11) is 0. The molecule has 0 fully saturated rings. The van der Waals surface area contributed by atoms with Crippen molar-refractivity contribution in [3.63, 3.8) is 0 Å². The molecule has 18 heavy (non-hydrogen) atoms. The van der Waals surface area contributed by atoms with Crippen LogP contribution in [0.4, 0.5) is 5.69 Å². The Morgan fingerprint density at radius 1 is 1.39 bits per heavy atom. The van der Waals surface area contributed by atoms with Crippen LogP contribution in [0, 0.1) is 13.8 Å². The van der Waals surface area contributed by atoms with E-state index in [9.17, 15) is 4.79 Å². The first kappa shape index (κ1) is 12.6. The van der Waals surface area contributed by atoms with Crippen molar-refractivity contribution in [3.8, 4) is 0 Å². The minimum absolute atomic E-state index is 0.224. The predicted molar refractivity (Wildman–Crippen MR) is 69.8 cm³/mol. The Bertz CT molecular complexity index is 567. The van der Waals surface area contributed by atoms with Crippen LogP contribution >= 0.6 is 11.8 Å². The number of aromatic nitrogens is 4. The summed E-state index contributed by atoms with van der Waals surface area (Å²) in [4.78, 5) is 20.7. The van der Waals surface area contributed by atoms with E-state index in [0.717, 1.165) is 0 Å². The van der Waals surface area contributed by atoms with E-state index in [1.54, 1.807) is 19.3 Å². The quantitative estimate of drug-likeness (QED) is 0.651. The fraction of sp³-hybridized carbons (Fsp3) is 0.273. The number of rotatable bonds is 3. The summed E-state index contributed by atoms with van der Waals surface area (Å²) < 4.78 is 0. The summed E-state index contributed by atoms with van der Waals surface area (Å²) in [6.07, 6.45) is 5.04. The van der Waals surface area contributed by atoms with Crippen LogP contribution in [0.25, 0.3) is 0 Å². The second-order valence-corrected chi connectivity index (χ2v) is 4.48. The van der Waals surface area contributed by atoms with Gasteiger partial charge in [0, 0.05) is 6.20 Å². The van der Waals surface area contributed by atoms with Gasteiger partial charge in [-0.3, -0.25) is 9.89 Å². The Balaban J connectivity index is 2.35. The molecule has 0 spiro atoms. The smallest absolute Gasteiger partial charge is 0.260 e. The Hall–Kier alpha value is -1.89. The van der Waals surface area contributed by atoms with Gasteiger partial charge in [-0.2, -0.15) is 5.10 Å². The predicted octanol–water partition coefficient (Wildman–Crippen LogP) is 1.79. The molecule has 0 unspecified atom stereocenters. The van der Waals surface area contributed by atoms with Crippen molar-refractivity contribution < 1.29 is 4.79 Å². The molecule has 2 aromatic rings. The number of carbonyl (C=O) groups is 1. The molecule has 2 N–H and O–H groups in total. The molecule has 0 atom stereocenters. The molecule has 2 rings (SSSR count). The summed E-state index contributed by atoms with van der Waals surface area (Å²) in [6, 6.07) is 0. The molecule has 0 aliphatic rings. The van der Waals surface area contributed by atoms with E-state index in [2.05, 4.69) is 25.5 Å². The topological polar surface area (TPSA) is 83.6 Å². The first-order valence-corrected chi connectivity index (χ1v) is 6.53. The van der Waals surface area contributed by atoms with Gasteiger partial charge in [0.1, 0.15) is 10.9 Å². The summed E-state index contributed by atoms with van der Waals surface area (Å²) in [5, 5.41) is 9.84. The molecule has 2 aromatic heterocycles. The Morgan fingerprint density at radius 2 is 2.17 bits per heavy atom. The third-order valence-electron chi connectivity index (χ3n) is 2.35. The summed E-state index contributed by atoms with van der Waals surface area (Å²) in [6.45, 7) is 3.61. The molecule has 0 radical (unpaired) electrons. The zero-order valence-electron chi connectivity index (χ0n) is 10.3. The molecule has 0 saturated carbocycles. The van der Waals surface area contributed by atoms with E-state index in [1.807, 2.05) is 13.2 Å². The lowest BCUT2D eigenvalue weighted by molar-refractivity contribution is 0.102. The van der Waals surface area contributed by atoms with E-state index in [0.29, 0.717) is 27.8 Å². The van der Waals surface area contributed by atoms with Crippen molar-refractivity contribution in [2.75, 3.05) is 11.6 Å². The number of nitrogens with one attached hydrogen (secondary N) is 2. The Morgan fingerprint density at radius 3 is 2.78 bits per heavy atom. The third-order valence-corrected chi connectivity index (χ3v) is 3.03. The number of hydrogen-bond acceptors (Lipinski definition) is 5. The SMILES string of the molecule is CSc1nc(C)nc(C)c1C(=O)Nc1cn[nH]c1. The summed E-state index contributed by atoms with van der Waals surface area (Å²) in [5.74, 6) is 0.440. The van der Waals surface area contributed by atoms with Gasteiger partial charge in [-0.15, -0.1) is 11.8 Å². The normalized spacial score (nSPS) is 10.4. The number of H-pyrrole nitrogens is 1. The molecule has 0 aliphatic carbocycles. The number of carbonyl (C=O) groups excluding carboxylic acids is 1. The van der Waals surface area contributed by atoms with Gasteiger partial charge < -0.3 is 5.32 Å². The van der Waals surface area contributed by atoms with E-state index in [-0.39, 0.29) is 5.91 Å². The van der Waals surface area contributed by atoms with Crippen LogP contribution in [0.5, 0.6) is 0 Å². The molecule has 0 aliphatic heterocycles. The van der Waals surface area contributed by atoms with Gasteiger partial charge in [0.05, 0.1) is 23.1 Å². The first-order chi connectivity index (χ1) is 8.61. The lowest BCUT2D eigenvalue weighted by Gasteiger charge is -2.09. The monoisotopic (exact) mass is 263 g/mol. The van der Waals surface area contributed by atoms with Gasteiger partial charge in [0.25, 0.3) is 5.91 Å². The van der Waals surface area contributed by atoms with Gasteiger partial charge in [-0.05, 0) is 20.1 Å². The maximum absolute atomic E-state index is 12.2. The molecule has 0 aromatic carbocycles. The largest absolute Gasteiger partial charge is 0.319 e. The summed E-state index contributed by atoms with van der Waals surface area (Å²) >= 11 is 1.43. The summed E-state index contributed by atoms with van der Waals surface area (Å²) in [5.41, 5.74) is 1.80. The van der Waals surface area contributed by atoms with E-state index >= 15 is 0 Å². The molecule has 0 saturated heterocycles. The highest BCUT2D eigenvalue weighted by atomic mass is 32.2. The average Bonchev–Trinajstić information content (AvgIpc) is 2.80. The average molecular weight is 263 g/mol. The number of aryl methyl sites for hydroxylation is 2. The number of anilines is 1. The zero-order valence-corrected chi connectivity index (χ0v) is 11.1. The van der Waals surface area contributed by atoms with Crippen LogP contribution in [0.15, 0.2) is 17.4 Å². The zero-order chi connectivity index (χ0) is 13.1. The molecular formula is C11H13N5OS. The van der Waals surface area contributed by atoms with Gasteiger partial charge in [0.2, 0.25) is 0 Å². The van der Waals surface area contributed by atoms with Crippen molar-refractivity contribution in [1.82, 2.24) is 20.2 Å². The van der Waals surface area contributed by atoms with E-state index in [4.69, 9.17) is 0 Å². The molecular weight excluding hydrogens is 250 g/mol. The Labute approximate surface area is 109 Å². The van der Waals surface area contributed by atoms with Crippen molar-refractivity contribution in [3.05, 3.63) is 29.5 Å². The number of aromatic amines is 1. The molecule has 6 nitrogen and oxygen atoms in total. The highest BCUT2D eigenvalue weighted by Crippen LogP contribution is 2.21. The molecule has 7 heteroatoms. The maximum atomic E-state index is 12.2. The fourth-order valence-electron chi connectivity index (χ4n) is 1.60. The molecule has 2 heterocycles. The second kappa shape index (κ2) is 5.18. The van der Waals surface area contributed by atoms with Crippen molar-refractivity contribution in [2.24, 2.45) is 0 Å². The van der Waals surface area contributed by atoms with E-state index < -0.39 is 0 Å². The van der Waals surface area contributed by atoms with Crippen LogP contribution in [0.2, 0.25) is 0 Å². The minimum Gasteiger partial charge on any atom is -0.319 e. The number of hydrogen-bond donors (Lipinski definition) is 2. The highest BCUT2D eigenvalue weighted by molar-refractivity contribution is 7.98. The number of amides is 1. The lowest BCUT2D eigenvalue weighted by Crippen LogP contribution is -2.16. The van der Waals surface area contributed by atoms with Gasteiger partial charge in [-0.1, -0.05) is 0 Å². The van der Waals surface area contributed by atoms with Crippen molar-refractivity contribution >= 4 is 23.4 Å². The maximum Gasteiger partial charge on any atom is 0.260 e. The van der Waals surface area contributed by atoms with Crippen LogP contribution in [0.3, 0.4) is 0 Å². The first-order valence-electron chi connectivity index (χ1n) is 5.31. The van der Waals surface area contributed by atoms with Gasteiger partial charge in [-0.25, -0.2) is 9.97 Å². The van der Waals surface area contributed by atoms with Crippen LogP contribution in [-0.2, 0) is 0 Å². The Kier molecular flexibility index (Phi) is 3.61. The van der Waals surface area contributed by atoms with Crippen molar-refractivity contribution in [1.29, 1.82) is 0 Å². The standard InChI is InChI=1S/C11H13N5OS/c1-6-9(11(18-3)15-7(2)14-6)10(17)16-8-4-12-13-5-8/h4-5H,1-3H3,(H,12,13)(H,16,17). The fourth-order valence-corrected chi connectivity index (χ4v) is 2.27.